The molecule has 1 heterocycles. The molecule has 1 aliphatic rings. The number of piperidine rings is 1. The summed E-state index contributed by atoms with van der Waals surface area (Å²) in [6.45, 7) is 0.622. The number of nitrogens with zero attached hydrogens (tertiary/aromatic N) is 1. The van der Waals surface area contributed by atoms with E-state index in [1.165, 1.54) is 5.56 Å². The molecule has 0 spiro atoms. The van der Waals surface area contributed by atoms with Gasteiger partial charge in [0.2, 0.25) is 5.91 Å². The number of amides is 1. The van der Waals surface area contributed by atoms with E-state index < -0.39 is 5.60 Å². The van der Waals surface area contributed by atoms with Crippen molar-refractivity contribution in [1.82, 2.24) is 4.90 Å². The van der Waals surface area contributed by atoms with E-state index in [4.69, 9.17) is 4.74 Å². The number of benzene rings is 1. The van der Waals surface area contributed by atoms with Gasteiger partial charge in [0.25, 0.3) is 0 Å². The van der Waals surface area contributed by atoms with E-state index >= 15 is 0 Å². The summed E-state index contributed by atoms with van der Waals surface area (Å²) in [6.07, 6.45) is 3.38. The second-order valence-corrected chi connectivity index (χ2v) is 6.00. The van der Waals surface area contributed by atoms with Crippen LogP contribution >= 0.6 is 0 Å². The third-order valence-corrected chi connectivity index (χ3v) is 4.22. The number of β-amino-alcohol motifs (C(OH)–C–C–N with tert-alkyl or cyclic N) is 1. The van der Waals surface area contributed by atoms with Crippen molar-refractivity contribution in [2.75, 3.05) is 26.8 Å². The van der Waals surface area contributed by atoms with Crippen LogP contribution in [-0.2, 0) is 11.2 Å². The van der Waals surface area contributed by atoms with E-state index in [0.717, 1.165) is 25.0 Å². The second kappa shape index (κ2) is 7.61. The van der Waals surface area contributed by atoms with Crippen LogP contribution in [0.2, 0.25) is 0 Å². The first-order chi connectivity index (χ1) is 10.6. The highest BCUT2D eigenvalue weighted by Gasteiger charge is 2.34. The molecule has 22 heavy (non-hydrogen) atoms. The molecule has 0 radical (unpaired) electrons. The van der Waals surface area contributed by atoms with E-state index in [2.05, 4.69) is 0 Å². The zero-order chi connectivity index (χ0) is 16.0. The molecule has 0 saturated carbocycles. The van der Waals surface area contributed by atoms with Crippen molar-refractivity contribution in [3.8, 4) is 5.75 Å². The van der Waals surface area contributed by atoms with E-state index in [0.29, 0.717) is 19.4 Å². The lowest BCUT2D eigenvalue weighted by Gasteiger charge is -2.38. The zero-order valence-corrected chi connectivity index (χ0v) is 13.1. The van der Waals surface area contributed by atoms with E-state index in [9.17, 15) is 15.0 Å². The Kier molecular flexibility index (Phi) is 5.80. The summed E-state index contributed by atoms with van der Waals surface area (Å²) in [6, 6.07) is 7.86. The molecule has 1 unspecified atom stereocenters. The Labute approximate surface area is 131 Å². The molecular formula is C17H25NO4. The minimum Gasteiger partial charge on any atom is -0.497 e. The van der Waals surface area contributed by atoms with Gasteiger partial charge in [0, 0.05) is 13.0 Å². The van der Waals surface area contributed by atoms with Gasteiger partial charge in [-0.15, -0.1) is 0 Å². The fraction of sp³-hybridized carbons (Fsp3) is 0.588. The van der Waals surface area contributed by atoms with Gasteiger partial charge >= 0.3 is 0 Å². The van der Waals surface area contributed by atoms with Crippen molar-refractivity contribution >= 4 is 5.91 Å². The molecule has 1 atom stereocenters. The first kappa shape index (κ1) is 16.8. The number of ether oxygens (including phenoxy) is 1. The number of methoxy groups -OCH3 is 1. The number of aliphatic hydroxyl groups is 2. The third-order valence-electron chi connectivity index (χ3n) is 4.22. The lowest BCUT2D eigenvalue weighted by molar-refractivity contribution is -0.140. The molecule has 1 aliphatic heterocycles. The molecule has 1 amide bonds. The van der Waals surface area contributed by atoms with Crippen LogP contribution in [0.3, 0.4) is 0 Å². The number of rotatable bonds is 6. The smallest absolute Gasteiger partial charge is 0.222 e. The zero-order valence-electron chi connectivity index (χ0n) is 13.1. The second-order valence-electron chi connectivity index (χ2n) is 6.00. The molecule has 1 fully saturated rings. The molecule has 0 aliphatic carbocycles. The van der Waals surface area contributed by atoms with Crippen molar-refractivity contribution in [3.63, 3.8) is 0 Å². The Hall–Kier alpha value is -1.59. The van der Waals surface area contributed by atoms with Crippen LogP contribution in [0.15, 0.2) is 24.3 Å². The van der Waals surface area contributed by atoms with Crippen molar-refractivity contribution in [3.05, 3.63) is 29.8 Å². The largest absolute Gasteiger partial charge is 0.497 e. The summed E-state index contributed by atoms with van der Waals surface area (Å²) in [4.78, 5) is 13.9. The molecule has 2 N–H and O–H groups in total. The fourth-order valence-corrected chi connectivity index (χ4v) is 2.85. The average molecular weight is 307 g/mol. The summed E-state index contributed by atoms with van der Waals surface area (Å²) in [5.74, 6) is 0.886. The molecule has 1 aromatic rings. The molecule has 5 nitrogen and oxygen atoms in total. The maximum absolute atomic E-state index is 12.2. The average Bonchev–Trinajstić information content (AvgIpc) is 2.55. The maximum atomic E-state index is 12.2. The van der Waals surface area contributed by atoms with Crippen LogP contribution in [-0.4, -0.2) is 53.4 Å². The minimum atomic E-state index is -1.12. The van der Waals surface area contributed by atoms with Crippen molar-refractivity contribution in [2.45, 2.75) is 37.7 Å². The van der Waals surface area contributed by atoms with Crippen molar-refractivity contribution < 1.29 is 19.7 Å². The quantitative estimate of drug-likeness (QED) is 0.832. The summed E-state index contributed by atoms with van der Waals surface area (Å²) in [5.41, 5.74) is 0.0586. The van der Waals surface area contributed by atoms with Crippen LogP contribution in [0.25, 0.3) is 0 Å². The van der Waals surface area contributed by atoms with E-state index in [1.807, 2.05) is 24.3 Å². The predicted molar refractivity (Wildman–Crippen MR) is 83.8 cm³/mol. The highest BCUT2D eigenvalue weighted by atomic mass is 16.5. The molecule has 0 bridgehead atoms. The Bertz CT molecular complexity index is 488. The standard InChI is InChI=1S/C17H25NO4/c1-22-15-8-6-14(7-9-15)4-2-5-16(20)18-11-3-10-17(21,12-18)13-19/h6-9,19,21H,2-5,10-13H2,1H3. The Morgan fingerprint density at radius 3 is 2.73 bits per heavy atom. The lowest BCUT2D eigenvalue weighted by Crippen LogP contribution is -2.52. The number of aryl methyl sites for hydroxylation is 1. The SMILES string of the molecule is COc1ccc(CCCC(=O)N2CCCC(O)(CO)C2)cc1. The first-order valence-electron chi connectivity index (χ1n) is 7.80. The van der Waals surface area contributed by atoms with Crippen LogP contribution in [0.5, 0.6) is 5.75 Å². The number of hydrogen-bond donors (Lipinski definition) is 2. The number of likely N-dealkylation sites (tertiary alicyclic amines) is 1. The molecule has 122 valence electrons. The summed E-state index contributed by atoms with van der Waals surface area (Å²) >= 11 is 0. The van der Waals surface area contributed by atoms with Crippen LogP contribution in [0.4, 0.5) is 0 Å². The van der Waals surface area contributed by atoms with Gasteiger partial charge in [-0.1, -0.05) is 12.1 Å². The van der Waals surface area contributed by atoms with Gasteiger partial charge in [0.15, 0.2) is 0 Å². The summed E-state index contributed by atoms with van der Waals surface area (Å²) < 4.78 is 5.12. The van der Waals surface area contributed by atoms with Crippen LogP contribution in [0.1, 0.15) is 31.2 Å². The monoisotopic (exact) mass is 307 g/mol. The normalized spacial score (nSPS) is 21.7. The Balaban J connectivity index is 1.77. The van der Waals surface area contributed by atoms with Gasteiger partial charge < -0.3 is 19.8 Å². The van der Waals surface area contributed by atoms with Gasteiger partial charge in [0.1, 0.15) is 11.4 Å². The number of carbonyl (C=O) groups is 1. The van der Waals surface area contributed by atoms with Crippen molar-refractivity contribution in [1.29, 1.82) is 0 Å². The Morgan fingerprint density at radius 2 is 2.09 bits per heavy atom. The van der Waals surface area contributed by atoms with Gasteiger partial charge in [-0.05, 0) is 43.4 Å². The highest BCUT2D eigenvalue weighted by Crippen LogP contribution is 2.21. The summed E-state index contributed by atoms with van der Waals surface area (Å²) in [5, 5.41) is 19.3. The number of carbonyl (C=O) groups excluding carboxylic acids is 1. The predicted octanol–water partition coefficient (Wildman–Crippen LogP) is 1.36. The first-order valence-corrected chi connectivity index (χ1v) is 7.80. The lowest BCUT2D eigenvalue weighted by atomic mass is 9.93. The van der Waals surface area contributed by atoms with Gasteiger partial charge in [-0.3, -0.25) is 4.79 Å². The molecular weight excluding hydrogens is 282 g/mol. The third kappa shape index (κ3) is 4.45. The van der Waals surface area contributed by atoms with Gasteiger partial charge in [-0.25, -0.2) is 0 Å². The number of hydrogen-bond acceptors (Lipinski definition) is 4. The van der Waals surface area contributed by atoms with Crippen LogP contribution in [0, 0.1) is 0 Å². The minimum absolute atomic E-state index is 0.0556. The van der Waals surface area contributed by atoms with Crippen LogP contribution < -0.4 is 4.74 Å². The maximum Gasteiger partial charge on any atom is 0.222 e. The van der Waals surface area contributed by atoms with Crippen molar-refractivity contribution in [2.24, 2.45) is 0 Å². The molecule has 1 aromatic carbocycles. The Morgan fingerprint density at radius 1 is 1.36 bits per heavy atom. The van der Waals surface area contributed by atoms with Gasteiger partial charge in [0.05, 0.1) is 20.3 Å². The topological polar surface area (TPSA) is 70.0 Å². The van der Waals surface area contributed by atoms with E-state index in [1.54, 1.807) is 12.0 Å². The molecule has 5 heteroatoms. The molecule has 0 aromatic heterocycles. The molecule has 2 rings (SSSR count). The summed E-state index contributed by atoms with van der Waals surface area (Å²) in [7, 11) is 1.64. The number of aliphatic hydroxyl groups excluding tert-OH is 1. The fourth-order valence-electron chi connectivity index (χ4n) is 2.85. The van der Waals surface area contributed by atoms with Gasteiger partial charge in [-0.2, -0.15) is 0 Å². The van der Waals surface area contributed by atoms with E-state index in [-0.39, 0.29) is 19.1 Å². The highest BCUT2D eigenvalue weighted by molar-refractivity contribution is 5.76. The molecule has 1 saturated heterocycles.